The van der Waals surface area contributed by atoms with Crippen molar-refractivity contribution in [1.82, 2.24) is 10.2 Å². The van der Waals surface area contributed by atoms with Crippen LogP contribution in [0.4, 0.5) is 5.69 Å². The highest BCUT2D eigenvalue weighted by Gasteiger charge is 2.73. The highest BCUT2D eigenvalue weighted by Crippen LogP contribution is 2.56. The summed E-state index contributed by atoms with van der Waals surface area (Å²) in [6.45, 7) is 1.94. The van der Waals surface area contributed by atoms with E-state index in [2.05, 4.69) is 10.6 Å². The molecule has 39 heavy (non-hydrogen) atoms. The lowest BCUT2D eigenvalue weighted by Crippen LogP contribution is -2.56. The molecule has 3 heterocycles. The molecular formula is C31H35N3O5. The molecule has 0 unspecified atom stereocenters. The van der Waals surface area contributed by atoms with Crippen molar-refractivity contribution in [2.45, 2.75) is 68.9 Å². The van der Waals surface area contributed by atoms with Gasteiger partial charge in [-0.3, -0.25) is 14.4 Å². The number of anilines is 1. The van der Waals surface area contributed by atoms with E-state index in [4.69, 9.17) is 9.47 Å². The molecule has 0 radical (unpaired) electrons. The van der Waals surface area contributed by atoms with Crippen LogP contribution in [0, 0.1) is 11.8 Å². The lowest BCUT2D eigenvalue weighted by molar-refractivity contribution is -0.143. The summed E-state index contributed by atoms with van der Waals surface area (Å²) in [7, 11) is 1.58. The van der Waals surface area contributed by atoms with Crippen molar-refractivity contribution in [2.75, 3.05) is 12.4 Å². The van der Waals surface area contributed by atoms with Gasteiger partial charge in [-0.15, -0.1) is 0 Å². The molecule has 6 atom stereocenters. The van der Waals surface area contributed by atoms with Crippen LogP contribution in [0.15, 0.2) is 66.7 Å². The zero-order valence-corrected chi connectivity index (χ0v) is 22.3. The van der Waals surface area contributed by atoms with Gasteiger partial charge < -0.3 is 25.0 Å². The minimum Gasteiger partial charge on any atom is -0.497 e. The van der Waals surface area contributed by atoms with Crippen molar-refractivity contribution < 1.29 is 23.9 Å². The molecule has 1 spiro atoms. The second kappa shape index (κ2) is 10.2. The third-order valence-electron chi connectivity index (χ3n) is 8.87. The molecule has 1 aliphatic carbocycles. The molecule has 3 aliphatic heterocycles. The van der Waals surface area contributed by atoms with E-state index in [0.29, 0.717) is 11.4 Å². The third kappa shape index (κ3) is 4.31. The molecule has 204 valence electrons. The van der Waals surface area contributed by atoms with Gasteiger partial charge in [0.1, 0.15) is 17.4 Å². The summed E-state index contributed by atoms with van der Waals surface area (Å²) in [6, 6.07) is 15.6. The van der Waals surface area contributed by atoms with Gasteiger partial charge in [0.2, 0.25) is 17.7 Å². The van der Waals surface area contributed by atoms with E-state index in [0.717, 1.165) is 31.2 Å². The van der Waals surface area contributed by atoms with E-state index in [1.807, 2.05) is 49.4 Å². The number of fused-ring (bicyclic) bond motifs is 1. The summed E-state index contributed by atoms with van der Waals surface area (Å²) in [5.74, 6) is -1.59. The average molecular weight is 530 g/mol. The van der Waals surface area contributed by atoms with Crippen LogP contribution in [-0.4, -0.2) is 53.5 Å². The summed E-state index contributed by atoms with van der Waals surface area (Å²) < 4.78 is 11.7. The average Bonchev–Trinajstić information content (AvgIpc) is 3.61. The molecule has 2 aromatic carbocycles. The predicted octanol–water partition coefficient (Wildman–Crippen LogP) is 3.99. The topological polar surface area (TPSA) is 97.0 Å². The minimum absolute atomic E-state index is 0.0856. The van der Waals surface area contributed by atoms with Crippen LogP contribution >= 0.6 is 0 Å². The summed E-state index contributed by atoms with van der Waals surface area (Å²) in [5.41, 5.74) is 0.342. The third-order valence-corrected chi connectivity index (χ3v) is 8.87. The van der Waals surface area contributed by atoms with Gasteiger partial charge in [0.05, 0.1) is 31.1 Å². The van der Waals surface area contributed by atoms with Crippen molar-refractivity contribution in [3.05, 3.63) is 72.3 Å². The first-order chi connectivity index (χ1) is 18.9. The Balaban J connectivity index is 1.33. The molecule has 1 saturated carbocycles. The van der Waals surface area contributed by atoms with Crippen LogP contribution in [0.3, 0.4) is 0 Å². The number of methoxy groups -OCH3 is 1. The van der Waals surface area contributed by atoms with Crippen LogP contribution in [0.5, 0.6) is 5.75 Å². The summed E-state index contributed by atoms with van der Waals surface area (Å²) in [5, 5.41) is 6.20. The van der Waals surface area contributed by atoms with Crippen molar-refractivity contribution in [2.24, 2.45) is 11.8 Å². The molecular weight excluding hydrogens is 494 g/mol. The first-order valence-corrected chi connectivity index (χ1v) is 13.9. The van der Waals surface area contributed by atoms with E-state index >= 15 is 0 Å². The number of hydrogen-bond acceptors (Lipinski definition) is 5. The number of carbonyl (C=O) groups excluding carboxylic acids is 3. The largest absolute Gasteiger partial charge is 0.497 e. The molecule has 3 fully saturated rings. The fourth-order valence-corrected chi connectivity index (χ4v) is 6.94. The number of nitrogens with zero attached hydrogens (tertiary/aromatic N) is 1. The van der Waals surface area contributed by atoms with Crippen LogP contribution in [0.1, 0.15) is 50.6 Å². The van der Waals surface area contributed by atoms with Gasteiger partial charge in [0.25, 0.3) is 0 Å². The zero-order valence-electron chi connectivity index (χ0n) is 22.3. The molecule has 2 N–H and O–H groups in total. The Labute approximate surface area is 228 Å². The maximum absolute atomic E-state index is 14.3. The Morgan fingerprint density at radius 2 is 1.74 bits per heavy atom. The van der Waals surface area contributed by atoms with Crippen molar-refractivity contribution in [3.63, 3.8) is 0 Å². The van der Waals surface area contributed by atoms with Gasteiger partial charge in [0, 0.05) is 11.7 Å². The summed E-state index contributed by atoms with van der Waals surface area (Å²) >= 11 is 0. The second-order valence-electron chi connectivity index (χ2n) is 11.1. The quantitative estimate of drug-likeness (QED) is 0.529. The number of hydrogen-bond donors (Lipinski definition) is 2. The van der Waals surface area contributed by atoms with Gasteiger partial charge in [0.15, 0.2) is 0 Å². The van der Waals surface area contributed by atoms with Gasteiger partial charge in [-0.1, -0.05) is 61.7 Å². The number of ether oxygens (including phenoxy) is 2. The maximum Gasteiger partial charge on any atom is 0.246 e. The maximum atomic E-state index is 14.3. The molecule has 2 saturated heterocycles. The second-order valence-corrected chi connectivity index (χ2v) is 11.1. The highest BCUT2D eigenvalue weighted by molar-refractivity contribution is 6.03. The van der Waals surface area contributed by atoms with E-state index in [9.17, 15) is 14.4 Å². The van der Waals surface area contributed by atoms with Crippen LogP contribution in [-0.2, 0) is 19.1 Å². The number of amides is 3. The number of likely N-dealkylation sites (tertiary alicyclic amines) is 1. The van der Waals surface area contributed by atoms with Crippen LogP contribution in [0.25, 0.3) is 0 Å². The lowest BCUT2D eigenvalue weighted by atomic mass is 9.74. The number of carbonyl (C=O) groups is 3. The fraction of sp³-hybridized carbons (Fsp3) is 0.452. The van der Waals surface area contributed by atoms with E-state index in [1.165, 1.54) is 6.42 Å². The van der Waals surface area contributed by atoms with E-state index in [-0.39, 0.29) is 29.8 Å². The first kappa shape index (κ1) is 25.6. The molecule has 8 heteroatoms. The Morgan fingerprint density at radius 3 is 2.44 bits per heavy atom. The molecule has 8 nitrogen and oxygen atoms in total. The fourth-order valence-electron chi connectivity index (χ4n) is 6.94. The Kier molecular flexibility index (Phi) is 6.67. The first-order valence-electron chi connectivity index (χ1n) is 13.9. The Bertz CT molecular complexity index is 1270. The van der Waals surface area contributed by atoms with E-state index < -0.39 is 29.6 Å². The Morgan fingerprint density at radius 1 is 1.03 bits per heavy atom. The van der Waals surface area contributed by atoms with Crippen LogP contribution in [0.2, 0.25) is 0 Å². The highest BCUT2D eigenvalue weighted by atomic mass is 16.5. The lowest BCUT2D eigenvalue weighted by Gasteiger charge is -2.37. The smallest absolute Gasteiger partial charge is 0.246 e. The van der Waals surface area contributed by atoms with Gasteiger partial charge in [-0.05, 0) is 49.6 Å². The predicted molar refractivity (Wildman–Crippen MR) is 146 cm³/mol. The number of benzene rings is 2. The van der Waals surface area contributed by atoms with Crippen molar-refractivity contribution in [3.8, 4) is 5.75 Å². The molecule has 2 aromatic rings. The standard InChI is InChI=1S/C31H35N3O5/c1-19(20-9-5-3-6-10-20)34-27(29(36)33-21-11-7-4-8-12-21)31-18-17-24(39-31)25(26(31)30(34)37)28(35)32-22-13-15-23(38-2)16-14-22/h3,5-6,9-10,13-19,21,24-27H,4,7-8,11-12H2,1-2H3,(H,32,35)(H,33,36)/t19-,24-,25+,26-,27+,31-/m0/s1. The number of rotatable bonds is 7. The molecule has 6 rings (SSSR count). The molecule has 3 amide bonds. The van der Waals surface area contributed by atoms with Crippen molar-refractivity contribution >= 4 is 23.4 Å². The van der Waals surface area contributed by atoms with Crippen LogP contribution < -0.4 is 15.4 Å². The molecule has 4 aliphatic rings. The van der Waals surface area contributed by atoms with E-state index in [1.54, 1.807) is 36.3 Å². The zero-order chi connectivity index (χ0) is 27.1. The van der Waals surface area contributed by atoms with Gasteiger partial charge >= 0.3 is 0 Å². The summed E-state index contributed by atoms with van der Waals surface area (Å²) in [6.07, 6.45) is 8.34. The van der Waals surface area contributed by atoms with Gasteiger partial charge in [-0.2, -0.15) is 0 Å². The SMILES string of the molecule is COc1ccc(NC(=O)[C@@H]2[C@@H]3C=C[C@]4(O3)[C@@H]2C(=O)N([C@@H](C)c2ccccc2)[C@@H]4C(=O)NC2CCCCC2)cc1. The minimum atomic E-state index is -1.19. The molecule has 2 bridgehead atoms. The summed E-state index contributed by atoms with van der Waals surface area (Å²) in [4.78, 5) is 43.6. The van der Waals surface area contributed by atoms with Gasteiger partial charge in [-0.25, -0.2) is 0 Å². The monoisotopic (exact) mass is 529 g/mol. The van der Waals surface area contributed by atoms with Crippen molar-refractivity contribution in [1.29, 1.82) is 0 Å². The number of nitrogens with one attached hydrogen (secondary N) is 2. The molecule has 0 aromatic heterocycles. The Hall–Kier alpha value is -3.65. The normalized spacial score (nSPS) is 30.2.